The van der Waals surface area contributed by atoms with Crippen molar-refractivity contribution in [1.29, 1.82) is 0 Å². The third-order valence-corrected chi connectivity index (χ3v) is 5.83. The Morgan fingerprint density at radius 3 is 2.40 bits per heavy atom. The molecule has 1 aliphatic carbocycles. The predicted octanol–water partition coefficient (Wildman–Crippen LogP) is 2.52. The lowest BCUT2D eigenvalue weighted by molar-refractivity contribution is 0.167. The minimum absolute atomic E-state index is 0. The zero-order valence-corrected chi connectivity index (χ0v) is 18.7. The van der Waals surface area contributed by atoms with Gasteiger partial charge < -0.3 is 20.4 Å². The van der Waals surface area contributed by atoms with Crippen molar-refractivity contribution in [2.24, 2.45) is 10.9 Å². The molecule has 2 N–H and O–H groups in total. The molecule has 0 aromatic carbocycles. The van der Waals surface area contributed by atoms with Crippen LogP contribution in [0.3, 0.4) is 0 Å². The van der Waals surface area contributed by atoms with E-state index in [1.807, 2.05) is 0 Å². The standard InChI is InChI=1S/C19H37N5.HI/c1-4-20-19(22-17-8-11-23(12-9-17)15(2)3)21-13-16-7-10-24(14-16)18-5-6-18;/h15-18H,4-14H2,1-3H3,(H2,20,21,22);1H. The molecule has 1 saturated carbocycles. The van der Waals surface area contributed by atoms with E-state index < -0.39 is 0 Å². The Kier molecular flexibility index (Phi) is 8.75. The highest BCUT2D eigenvalue weighted by atomic mass is 127. The Hall–Kier alpha value is -0.0800. The van der Waals surface area contributed by atoms with Crippen molar-refractivity contribution >= 4 is 29.9 Å². The number of piperidine rings is 1. The van der Waals surface area contributed by atoms with Crippen LogP contribution < -0.4 is 10.6 Å². The van der Waals surface area contributed by atoms with Crippen molar-refractivity contribution in [1.82, 2.24) is 20.4 Å². The molecule has 0 amide bonds. The number of nitrogens with one attached hydrogen (secondary N) is 2. The highest BCUT2D eigenvalue weighted by Crippen LogP contribution is 2.31. The summed E-state index contributed by atoms with van der Waals surface area (Å²) in [4.78, 5) is 10.2. The molecule has 0 spiro atoms. The number of rotatable bonds is 6. The lowest BCUT2D eigenvalue weighted by Gasteiger charge is -2.35. The number of hydrogen-bond donors (Lipinski definition) is 2. The molecular formula is C19H38IN5. The summed E-state index contributed by atoms with van der Waals surface area (Å²) in [5.74, 6) is 1.79. The predicted molar refractivity (Wildman–Crippen MR) is 117 cm³/mol. The van der Waals surface area contributed by atoms with Crippen LogP contribution in [0.15, 0.2) is 4.99 Å². The molecule has 0 bridgehead atoms. The largest absolute Gasteiger partial charge is 0.357 e. The van der Waals surface area contributed by atoms with Gasteiger partial charge in [-0.3, -0.25) is 4.99 Å². The van der Waals surface area contributed by atoms with Gasteiger partial charge in [-0.15, -0.1) is 24.0 Å². The first-order valence-corrected chi connectivity index (χ1v) is 10.2. The van der Waals surface area contributed by atoms with Gasteiger partial charge in [0.15, 0.2) is 5.96 Å². The van der Waals surface area contributed by atoms with Crippen molar-refractivity contribution in [3.63, 3.8) is 0 Å². The summed E-state index contributed by atoms with van der Waals surface area (Å²) < 4.78 is 0. The van der Waals surface area contributed by atoms with E-state index in [-0.39, 0.29) is 24.0 Å². The van der Waals surface area contributed by atoms with Crippen LogP contribution in [-0.2, 0) is 0 Å². The van der Waals surface area contributed by atoms with E-state index in [1.165, 1.54) is 58.3 Å². The Morgan fingerprint density at radius 2 is 1.80 bits per heavy atom. The molecular weight excluding hydrogens is 425 g/mol. The van der Waals surface area contributed by atoms with Gasteiger partial charge in [0.2, 0.25) is 0 Å². The molecule has 1 unspecified atom stereocenters. The maximum absolute atomic E-state index is 4.91. The highest BCUT2D eigenvalue weighted by molar-refractivity contribution is 14.0. The molecule has 2 aliphatic heterocycles. The fourth-order valence-corrected chi connectivity index (χ4v) is 4.08. The summed E-state index contributed by atoms with van der Waals surface area (Å²) in [6, 6.07) is 2.16. The third-order valence-electron chi connectivity index (χ3n) is 5.83. The van der Waals surface area contributed by atoms with Crippen LogP contribution in [0.2, 0.25) is 0 Å². The minimum Gasteiger partial charge on any atom is -0.357 e. The van der Waals surface area contributed by atoms with Gasteiger partial charge in [-0.25, -0.2) is 0 Å². The molecule has 0 aromatic rings. The first-order chi connectivity index (χ1) is 11.7. The highest BCUT2D eigenvalue weighted by Gasteiger charge is 2.34. The summed E-state index contributed by atoms with van der Waals surface area (Å²) in [7, 11) is 0. The lowest BCUT2D eigenvalue weighted by atomic mass is 10.0. The van der Waals surface area contributed by atoms with Crippen molar-refractivity contribution < 1.29 is 0 Å². The van der Waals surface area contributed by atoms with E-state index in [0.717, 1.165) is 31.0 Å². The average molecular weight is 463 g/mol. The summed E-state index contributed by atoms with van der Waals surface area (Å²) in [6.07, 6.45) is 6.62. The molecule has 25 heavy (non-hydrogen) atoms. The molecule has 5 nitrogen and oxygen atoms in total. The first-order valence-electron chi connectivity index (χ1n) is 10.2. The van der Waals surface area contributed by atoms with Gasteiger partial charge in [-0.1, -0.05) is 0 Å². The second-order valence-corrected chi connectivity index (χ2v) is 8.15. The normalized spacial score (nSPS) is 26.7. The monoisotopic (exact) mass is 463 g/mol. The van der Waals surface area contributed by atoms with E-state index >= 15 is 0 Å². The molecule has 2 heterocycles. The zero-order valence-electron chi connectivity index (χ0n) is 16.3. The second-order valence-electron chi connectivity index (χ2n) is 8.15. The number of hydrogen-bond acceptors (Lipinski definition) is 3. The molecule has 1 atom stereocenters. The summed E-state index contributed by atoms with van der Waals surface area (Å²) in [5.41, 5.74) is 0. The van der Waals surface area contributed by atoms with Gasteiger partial charge in [0.1, 0.15) is 0 Å². The van der Waals surface area contributed by atoms with Crippen LogP contribution in [-0.4, -0.2) is 73.2 Å². The van der Waals surface area contributed by atoms with Crippen molar-refractivity contribution in [3.05, 3.63) is 0 Å². The molecule has 2 saturated heterocycles. The van der Waals surface area contributed by atoms with Gasteiger partial charge in [-0.05, 0) is 65.3 Å². The topological polar surface area (TPSA) is 42.9 Å². The molecule has 0 radical (unpaired) electrons. The van der Waals surface area contributed by atoms with Crippen molar-refractivity contribution in [2.45, 2.75) is 71.0 Å². The van der Waals surface area contributed by atoms with Gasteiger partial charge >= 0.3 is 0 Å². The number of nitrogens with zero attached hydrogens (tertiary/aromatic N) is 3. The average Bonchev–Trinajstić information content (AvgIpc) is 3.32. The SMILES string of the molecule is CCNC(=NCC1CCN(C2CC2)C1)NC1CCN(C(C)C)CC1.I. The van der Waals surface area contributed by atoms with Crippen LogP contribution in [0.25, 0.3) is 0 Å². The number of likely N-dealkylation sites (tertiary alicyclic amines) is 2. The van der Waals surface area contributed by atoms with E-state index in [1.54, 1.807) is 0 Å². The van der Waals surface area contributed by atoms with E-state index in [0.29, 0.717) is 12.1 Å². The van der Waals surface area contributed by atoms with Gasteiger partial charge in [0, 0.05) is 50.8 Å². The maximum atomic E-state index is 4.91. The van der Waals surface area contributed by atoms with E-state index in [4.69, 9.17) is 4.99 Å². The van der Waals surface area contributed by atoms with E-state index in [2.05, 4.69) is 41.2 Å². The summed E-state index contributed by atoms with van der Waals surface area (Å²) in [6.45, 7) is 13.6. The Bertz CT molecular complexity index is 416. The molecule has 146 valence electrons. The van der Waals surface area contributed by atoms with Crippen molar-refractivity contribution in [2.75, 3.05) is 39.3 Å². The fraction of sp³-hybridized carbons (Fsp3) is 0.947. The van der Waals surface area contributed by atoms with Crippen LogP contribution in [0, 0.1) is 5.92 Å². The molecule has 0 aromatic heterocycles. The van der Waals surface area contributed by atoms with E-state index in [9.17, 15) is 0 Å². The van der Waals surface area contributed by atoms with Gasteiger partial charge in [0.25, 0.3) is 0 Å². The summed E-state index contributed by atoms with van der Waals surface area (Å²) >= 11 is 0. The maximum Gasteiger partial charge on any atom is 0.191 e. The number of aliphatic imine (C=N–C) groups is 1. The Labute approximate surface area is 171 Å². The molecule has 3 aliphatic rings. The second kappa shape index (κ2) is 10.3. The minimum atomic E-state index is 0. The zero-order chi connectivity index (χ0) is 16.9. The van der Waals surface area contributed by atoms with Gasteiger partial charge in [-0.2, -0.15) is 0 Å². The van der Waals surface area contributed by atoms with Crippen LogP contribution in [0.1, 0.15) is 52.9 Å². The van der Waals surface area contributed by atoms with Crippen LogP contribution in [0.4, 0.5) is 0 Å². The van der Waals surface area contributed by atoms with Crippen LogP contribution in [0.5, 0.6) is 0 Å². The Morgan fingerprint density at radius 1 is 1.08 bits per heavy atom. The smallest absolute Gasteiger partial charge is 0.191 e. The fourth-order valence-electron chi connectivity index (χ4n) is 4.08. The number of guanidine groups is 1. The van der Waals surface area contributed by atoms with Gasteiger partial charge in [0.05, 0.1) is 0 Å². The van der Waals surface area contributed by atoms with Crippen molar-refractivity contribution in [3.8, 4) is 0 Å². The summed E-state index contributed by atoms with van der Waals surface area (Å²) in [5, 5.41) is 7.13. The number of halogens is 1. The molecule has 3 fully saturated rings. The first kappa shape index (κ1) is 21.2. The third kappa shape index (κ3) is 6.54. The molecule has 3 rings (SSSR count). The lowest BCUT2D eigenvalue weighted by Crippen LogP contribution is -2.50. The quantitative estimate of drug-likeness (QED) is 0.361. The molecule has 6 heteroatoms. The Balaban J connectivity index is 0.00000225. The van der Waals surface area contributed by atoms with Crippen LogP contribution >= 0.6 is 24.0 Å².